The summed E-state index contributed by atoms with van der Waals surface area (Å²) in [6.07, 6.45) is 13.8. The third-order valence-electron chi connectivity index (χ3n) is 5.78. The summed E-state index contributed by atoms with van der Waals surface area (Å²) in [6, 6.07) is 0. The van der Waals surface area contributed by atoms with Gasteiger partial charge in [0.15, 0.2) is 6.29 Å². The molecule has 0 aliphatic rings. The second-order valence-corrected chi connectivity index (χ2v) is 9.31. The molecule has 5 nitrogen and oxygen atoms in total. The average molecular weight is 475 g/mol. The molecule has 200 valence electrons. The van der Waals surface area contributed by atoms with Crippen LogP contribution in [0.3, 0.4) is 0 Å². The zero-order chi connectivity index (χ0) is 24.6. The van der Waals surface area contributed by atoms with Crippen LogP contribution in [-0.2, 0) is 23.7 Å². The van der Waals surface area contributed by atoms with Crippen molar-refractivity contribution in [3.05, 3.63) is 0 Å². The molecular weight excluding hydrogens is 416 g/mol. The van der Waals surface area contributed by atoms with Crippen LogP contribution < -0.4 is 0 Å². The van der Waals surface area contributed by atoms with Crippen LogP contribution in [0.2, 0.25) is 0 Å². The minimum absolute atomic E-state index is 0.0688. The largest absolute Gasteiger partial charge is 0.378 e. The van der Waals surface area contributed by atoms with Gasteiger partial charge in [0.05, 0.1) is 18.3 Å². The zero-order valence-electron chi connectivity index (χ0n) is 23.1. The fourth-order valence-corrected chi connectivity index (χ4v) is 3.53. The Morgan fingerprint density at radius 2 is 0.788 bits per heavy atom. The Hall–Kier alpha value is -0.200. The first-order chi connectivity index (χ1) is 16.1. The lowest BCUT2D eigenvalue weighted by molar-refractivity contribution is -0.168. The number of hydrogen-bond acceptors (Lipinski definition) is 5. The highest BCUT2D eigenvalue weighted by Gasteiger charge is 2.24. The first-order valence-electron chi connectivity index (χ1n) is 14.2. The molecule has 0 aromatic rings. The molecule has 3 unspecified atom stereocenters. The van der Waals surface area contributed by atoms with E-state index in [1.807, 2.05) is 0 Å². The van der Waals surface area contributed by atoms with Crippen molar-refractivity contribution in [2.24, 2.45) is 0 Å². The molecule has 0 N–H and O–H groups in total. The summed E-state index contributed by atoms with van der Waals surface area (Å²) in [6.45, 7) is 17.1. The molecule has 0 spiro atoms. The third kappa shape index (κ3) is 20.9. The second kappa shape index (κ2) is 24.9. The second-order valence-electron chi connectivity index (χ2n) is 9.31. The number of rotatable bonds is 26. The molecular formula is C28H58O5. The molecule has 0 bridgehead atoms. The molecule has 33 heavy (non-hydrogen) atoms. The van der Waals surface area contributed by atoms with Gasteiger partial charge in [-0.25, -0.2) is 0 Å². The predicted octanol–water partition coefficient (Wildman–Crippen LogP) is 7.69. The van der Waals surface area contributed by atoms with Crippen molar-refractivity contribution in [2.45, 2.75) is 150 Å². The summed E-state index contributed by atoms with van der Waals surface area (Å²) in [5.74, 6) is 0. The standard InChI is InChI=1S/C28H58O5/c1-7-12-17-29-25(6)22-26(30-18-13-8-2)23-27(31-19-14-9-3)24-28(32-20-15-10-4)33-21-16-11-5/h25-28H,7-24H2,1-6H3. The maximum absolute atomic E-state index is 6.36. The first-order valence-corrected chi connectivity index (χ1v) is 14.2. The van der Waals surface area contributed by atoms with E-state index in [9.17, 15) is 0 Å². The Balaban J connectivity index is 5.09. The topological polar surface area (TPSA) is 46.2 Å². The summed E-state index contributed by atoms with van der Waals surface area (Å²) in [5, 5.41) is 0. The summed E-state index contributed by atoms with van der Waals surface area (Å²) < 4.78 is 31.0. The fourth-order valence-electron chi connectivity index (χ4n) is 3.53. The van der Waals surface area contributed by atoms with Gasteiger partial charge in [0, 0.05) is 45.9 Å². The Labute approximate surface area is 206 Å². The highest BCUT2D eigenvalue weighted by Crippen LogP contribution is 2.20. The molecule has 0 aromatic carbocycles. The van der Waals surface area contributed by atoms with Gasteiger partial charge in [-0.15, -0.1) is 0 Å². The summed E-state index contributed by atoms with van der Waals surface area (Å²) in [7, 11) is 0. The molecule has 0 rings (SSSR count). The molecule has 0 aliphatic carbocycles. The number of ether oxygens (including phenoxy) is 5. The normalized spacial score (nSPS) is 14.6. The van der Waals surface area contributed by atoms with Crippen molar-refractivity contribution in [1.29, 1.82) is 0 Å². The van der Waals surface area contributed by atoms with Crippen LogP contribution in [0.4, 0.5) is 0 Å². The van der Waals surface area contributed by atoms with E-state index < -0.39 is 0 Å². The van der Waals surface area contributed by atoms with Gasteiger partial charge in [-0.1, -0.05) is 66.7 Å². The van der Waals surface area contributed by atoms with Crippen LogP contribution in [-0.4, -0.2) is 57.6 Å². The van der Waals surface area contributed by atoms with Crippen LogP contribution >= 0.6 is 0 Å². The summed E-state index contributed by atoms with van der Waals surface area (Å²) in [4.78, 5) is 0. The van der Waals surface area contributed by atoms with Crippen molar-refractivity contribution in [1.82, 2.24) is 0 Å². The molecule has 5 heteroatoms. The molecule has 0 aromatic heterocycles. The van der Waals surface area contributed by atoms with E-state index in [0.717, 1.165) is 117 Å². The number of unbranched alkanes of at least 4 members (excludes halogenated alkanes) is 5. The van der Waals surface area contributed by atoms with E-state index in [1.165, 1.54) is 0 Å². The maximum Gasteiger partial charge on any atom is 0.160 e. The lowest BCUT2D eigenvalue weighted by atomic mass is 10.0. The van der Waals surface area contributed by atoms with Gasteiger partial charge < -0.3 is 23.7 Å². The smallest absolute Gasteiger partial charge is 0.160 e. The van der Waals surface area contributed by atoms with Crippen LogP contribution in [0.15, 0.2) is 0 Å². The Kier molecular flexibility index (Phi) is 24.8. The van der Waals surface area contributed by atoms with Gasteiger partial charge in [-0.2, -0.15) is 0 Å². The van der Waals surface area contributed by atoms with Gasteiger partial charge in [0.1, 0.15) is 0 Å². The quantitative estimate of drug-likeness (QED) is 0.0949. The van der Waals surface area contributed by atoms with E-state index in [1.54, 1.807) is 0 Å². The van der Waals surface area contributed by atoms with Crippen molar-refractivity contribution >= 4 is 0 Å². The molecule has 3 atom stereocenters. The molecule has 0 aliphatic heterocycles. The van der Waals surface area contributed by atoms with Gasteiger partial charge >= 0.3 is 0 Å². The van der Waals surface area contributed by atoms with E-state index >= 15 is 0 Å². The highest BCUT2D eigenvalue weighted by molar-refractivity contribution is 4.72. The van der Waals surface area contributed by atoms with E-state index in [0.29, 0.717) is 0 Å². The van der Waals surface area contributed by atoms with E-state index in [-0.39, 0.29) is 24.6 Å². The van der Waals surface area contributed by atoms with E-state index in [2.05, 4.69) is 41.5 Å². The minimum atomic E-state index is -0.204. The van der Waals surface area contributed by atoms with Gasteiger partial charge in [-0.3, -0.25) is 0 Å². The monoisotopic (exact) mass is 474 g/mol. The van der Waals surface area contributed by atoms with Gasteiger partial charge in [-0.05, 0) is 45.4 Å². The molecule has 0 heterocycles. The Morgan fingerprint density at radius 1 is 0.424 bits per heavy atom. The summed E-state index contributed by atoms with van der Waals surface area (Å²) >= 11 is 0. The van der Waals surface area contributed by atoms with Crippen LogP contribution in [0.25, 0.3) is 0 Å². The van der Waals surface area contributed by atoms with Crippen molar-refractivity contribution in [3.8, 4) is 0 Å². The number of hydrogen-bond donors (Lipinski definition) is 0. The molecule has 0 saturated heterocycles. The van der Waals surface area contributed by atoms with Crippen LogP contribution in [0.1, 0.15) is 125 Å². The van der Waals surface area contributed by atoms with Gasteiger partial charge in [0.25, 0.3) is 0 Å². The Morgan fingerprint density at radius 3 is 1.21 bits per heavy atom. The lowest BCUT2D eigenvalue weighted by Gasteiger charge is -2.29. The van der Waals surface area contributed by atoms with Gasteiger partial charge in [0.2, 0.25) is 0 Å². The summed E-state index contributed by atoms with van der Waals surface area (Å²) in [5.41, 5.74) is 0. The SMILES string of the molecule is CCCCOC(C)CC(CC(CC(OCCCC)OCCCC)OCCCC)OCCCC. The van der Waals surface area contributed by atoms with E-state index in [4.69, 9.17) is 23.7 Å². The predicted molar refractivity (Wildman–Crippen MR) is 139 cm³/mol. The maximum atomic E-state index is 6.36. The first kappa shape index (κ1) is 32.8. The van der Waals surface area contributed by atoms with Crippen molar-refractivity contribution in [2.75, 3.05) is 33.0 Å². The lowest BCUT2D eigenvalue weighted by Crippen LogP contribution is -2.32. The molecule has 0 radical (unpaired) electrons. The van der Waals surface area contributed by atoms with Crippen molar-refractivity contribution < 1.29 is 23.7 Å². The average Bonchev–Trinajstić information content (AvgIpc) is 2.79. The minimum Gasteiger partial charge on any atom is -0.378 e. The molecule has 0 amide bonds. The fraction of sp³-hybridized carbons (Fsp3) is 1.00. The zero-order valence-corrected chi connectivity index (χ0v) is 23.1. The Bertz CT molecular complexity index is 369. The highest BCUT2D eigenvalue weighted by atomic mass is 16.7. The third-order valence-corrected chi connectivity index (χ3v) is 5.78. The molecule has 0 fully saturated rings. The van der Waals surface area contributed by atoms with Crippen LogP contribution in [0, 0.1) is 0 Å². The molecule has 0 saturated carbocycles. The van der Waals surface area contributed by atoms with Crippen LogP contribution in [0.5, 0.6) is 0 Å². The van der Waals surface area contributed by atoms with Crippen molar-refractivity contribution in [3.63, 3.8) is 0 Å².